The SMILES string of the molecule is Cc1cc(NC(=O)c2c(F)cc(C#N)cc2F)n(-c2ccc(Cl)cc2)n1. The quantitative estimate of drug-likeness (QED) is 0.747. The third-order valence-corrected chi connectivity index (χ3v) is 3.79. The van der Waals surface area contributed by atoms with Crippen LogP contribution in [0.15, 0.2) is 42.5 Å². The molecule has 1 heterocycles. The Labute approximate surface area is 152 Å². The van der Waals surface area contributed by atoms with E-state index >= 15 is 0 Å². The number of amides is 1. The van der Waals surface area contributed by atoms with Crippen molar-refractivity contribution < 1.29 is 13.6 Å². The Bertz CT molecular complexity index is 1020. The number of anilines is 1. The van der Waals surface area contributed by atoms with Gasteiger partial charge in [-0.15, -0.1) is 0 Å². The average Bonchev–Trinajstić information content (AvgIpc) is 2.95. The van der Waals surface area contributed by atoms with E-state index in [9.17, 15) is 13.6 Å². The zero-order chi connectivity index (χ0) is 18.8. The predicted octanol–water partition coefficient (Wildman–Crippen LogP) is 4.24. The Balaban J connectivity index is 1.97. The fourth-order valence-corrected chi connectivity index (χ4v) is 2.53. The summed E-state index contributed by atoms with van der Waals surface area (Å²) in [4.78, 5) is 12.4. The van der Waals surface area contributed by atoms with Crippen molar-refractivity contribution in [3.05, 3.63) is 75.9 Å². The maximum Gasteiger partial charge on any atom is 0.262 e. The highest BCUT2D eigenvalue weighted by Crippen LogP contribution is 2.21. The highest BCUT2D eigenvalue weighted by molar-refractivity contribution is 6.30. The summed E-state index contributed by atoms with van der Waals surface area (Å²) in [6.45, 7) is 1.71. The van der Waals surface area contributed by atoms with Gasteiger partial charge in [-0.25, -0.2) is 13.5 Å². The van der Waals surface area contributed by atoms with Crippen LogP contribution in [0.3, 0.4) is 0 Å². The summed E-state index contributed by atoms with van der Waals surface area (Å²) in [5.74, 6) is -2.99. The summed E-state index contributed by atoms with van der Waals surface area (Å²) in [6.07, 6.45) is 0. The van der Waals surface area contributed by atoms with E-state index in [1.165, 1.54) is 4.68 Å². The standard InChI is InChI=1S/C18H11ClF2N4O/c1-10-6-16(25(24-10)13-4-2-12(19)3-5-13)23-18(26)17-14(20)7-11(9-22)8-15(17)21/h2-8H,1H3,(H,23,26). The Hall–Kier alpha value is -3.24. The van der Waals surface area contributed by atoms with E-state index in [0.717, 1.165) is 12.1 Å². The van der Waals surface area contributed by atoms with Gasteiger partial charge in [0.25, 0.3) is 5.91 Å². The van der Waals surface area contributed by atoms with E-state index in [4.69, 9.17) is 16.9 Å². The molecule has 0 aliphatic heterocycles. The van der Waals surface area contributed by atoms with Crippen molar-refractivity contribution in [2.24, 2.45) is 0 Å². The van der Waals surface area contributed by atoms with Crippen molar-refractivity contribution in [2.75, 3.05) is 5.32 Å². The lowest BCUT2D eigenvalue weighted by molar-refractivity contribution is 0.101. The van der Waals surface area contributed by atoms with Crippen LogP contribution in [0.4, 0.5) is 14.6 Å². The Morgan fingerprint density at radius 1 is 1.19 bits per heavy atom. The van der Waals surface area contributed by atoms with E-state index in [1.807, 2.05) is 0 Å². The summed E-state index contributed by atoms with van der Waals surface area (Å²) in [6, 6.07) is 11.5. The van der Waals surface area contributed by atoms with E-state index in [-0.39, 0.29) is 11.4 Å². The van der Waals surface area contributed by atoms with Gasteiger partial charge in [-0.3, -0.25) is 4.79 Å². The monoisotopic (exact) mass is 372 g/mol. The van der Waals surface area contributed by atoms with Gasteiger partial charge in [-0.1, -0.05) is 11.6 Å². The third-order valence-electron chi connectivity index (χ3n) is 3.54. The molecule has 8 heteroatoms. The van der Waals surface area contributed by atoms with E-state index < -0.39 is 23.1 Å². The summed E-state index contributed by atoms with van der Waals surface area (Å²) in [5, 5.41) is 16.0. The van der Waals surface area contributed by atoms with Crippen molar-refractivity contribution in [1.82, 2.24) is 9.78 Å². The Kier molecular flexibility index (Phi) is 4.69. The van der Waals surface area contributed by atoms with Gasteiger partial charge in [0.15, 0.2) is 0 Å². The van der Waals surface area contributed by atoms with Crippen molar-refractivity contribution in [2.45, 2.75) is 6.92 Å². The zero-order valence-corrected chi connectivity index (χ0v) is 14.2. The van der Waals surface area contributed by atoms with Gasteiger partial charge in [-0.2, -0.15) is 10.4 Å². The number of benzene rings is 2. The normalized spacial score (nSPS) is 10.4. The van der Waals surface area contributed by atoms with Crippen molar-refractivity contribution in [3.63, 3.8) is 0 Å². The number of nitrogens with one attached hydrogen (secondary N) is 1. The second-order valence-corrected chi connectivity index (χ2v) is 5.88. The smallest absolute Gasteiger partial charge is 0.262 e. The lowest BCUT2D eigenvalue weighted by Gasteiger charge is -2.10. The van der Waals surface area contributed by atoms with Gasteiger partial charge in [0.05, 0.1) is 23.0 Å². The molecule has 26 heavy (non-hydrogen) atoms. The largest absolute Gasteiger partial charge is 0.306 e. The molecule has 0 fully saturated rings. The number of carbonyl (C=O) groups is 1. The molecule has 0 aliphatic rings. The van der Waals surface area contributed by atoms with Gasteiger partial charge in [0.2, 0.25) is 0 Å². The van der Waals surface area contributed by atoms with E-state index in [0.29, 0.717) is 16.4 Å². The number of hydrogen-bond acceptors (Lipinski definition) is 3. The number of nitrogens with zero attached hydrogens (tertiary/aromatic N) is 3. The van der Waals surface area contributed by atoms with E-state index in [1.54, 1.807) is 43.3 Å². The summed E-state index contributed by atoms with van der Waals surface area (Å²) >= 11 is 5.86. The van der Waals surface area contributed by atoms with Gasteiger partial charge in [0.1, 0.15) is 23.0 Å². The molecule has 0 aliphatic carbocycles. The fourth-order valence-electron chi connectivity index (χ4n) is 2.40. The predicted molar refractivity (Wildman–Crippen MR) is 92.3 cm³/mol. The van der Waals surface area contributed by atoms with Gasteiger partial charge < -0.3 is 5.32 Å². The third kappa shape index (κ3) is 3.41. The highest BCUT2D eigenvalue weighted by Gasteiger charge is 2.21. The van der Waals surface area contributed by atoms with Crippen LogP contribution >= 0.6 is 11.6 Å². The summed E-state index contributed by atoms with van der Waals surface area (Å²) in [5.41, 5.74) is 0.221. The number of halogens is 3. The number of carbonyl (C=O) groups excluding carboxylic acids is 1. The van der Waals surface area contributed by atoms with Gasteiger partial charge >= 0.3 is 0 Å². The molecule has 0 spiro atoms. The van der Waals surface area contributed by atoms with Gasteiger partial charge in [0, 0.05) is 11.1 Å². The maximum absolute atomic E-state index is 14.0. The average molecular weight is 373 g/mol. The first-order chi connectivity index (χ1) is 12.4. The topological polar surface area (TPSA) is 70.7 Å². The second-order valence-electron chi connectivity index (χ2n) is 5.44. The second kappa shape index (κ2) is 6.94. The van der Waals surface area contributed by atoms with Crippen molar-refractivity contribution in [1.29, 1.82) is 5.26 Å². The van der Waals surface area contributed by atoms with Crippen LogP contribution in [0.2, 0.25) is 5.02 Å². The van der Waals surface area contributed by atoms with Crippen LogP contribution in [0.25, 0.3) is 5.69 Å². The number of hydrogen-bond donors (Lipinski definition) is 1. The number of aromatic nitrogens is 2. The summed E-state index contributed by atoms with van der Waals surface area (Å²) < 4.78 is 29.5. The minimum absolute atomic E-state index is 0.210. The first-order valence-electron chi connectivity index (χ1n) is 7.42. The summed E-state index contributed by atoms with van der Waals surface area (Å²) in [7, 11) is 0. The van der Waals surface area contributed by atoms with Crippen LogP contribution < -0.4 is 5.32 Å². The molecule has 2 aromatic carbocycles. The first-order valence-corrected chi connectivity index (χ1v) is 7.80. The molecule has 5 nitrogen and oxygen atoms in total. The minimum atomic E-state index is -1.12. The molecule has 130 valence electrons. The maximum atomic E-state index is 14.0. The molecule has 0 saturated heterocycles. The molecular formula is C18H11ClF2N4O. The number of aryl methyl sites for hydroxylation is 1. The molecule has 0 unspecified atom stereocenters. The van der Waals surface area contributed by atoms with Gasteiger partial charge in [-0.05, 0) is 43.3 Å². The van der Waals surface area contributed by atoms with Crippen molar-refractivity contribution in [3.8, 4) is 11.8 Å². The van der Waals surface area contributed by atoms with Crippen molar-refractivity contribution >= 4 is 23.3 Å². The highest BCUT2D eigenvalue weighted by atomic mass is 35.5. The van der Waals surface area contributed by atoms with Crippen LogP contribution in [-0.2, 0) is 0 Å². The molecule has 0 radical (unpaired) electrons. The molecule has 3 rings (SSSR count). The lowest BCUT2D eigenvalue weighted by Crippen LogP contribution is -2.18. The molecule has 0 atom stereocenters. The molecule has 0 saturated carbocycles. The first kappa shape index (κ1) is 17.6. The van der Waals surface area contributed by atoms with E-state index in [2.05, 4.69) is 10.4 Å². The van der Waals surface area contributed by atoms with Crippen LogP contribution in [-0.4, -0.2) is 15.7 Å². The molecule has 3 aromatic rings. The number of rotatable bonds is 3. The lowest BCUT2D eigenvalue weighted by atomic mass is 10.1. The molecular weight excluding hydrogens is 362 g/mol. The number of nitriles is 1. The Morgan fingerprint density at radius 2 is 1.81 bits per heavy atom. The Morgan fingerprint density at radius 3 is 2.38 bits per heavy atom. The molecule has 1 N–H and O–H groups in total. The molecule has 1 amide bonds. The van der Waals surface area contributed by atoms with Crippen LogP contribution in [0.5, 0.6) is 0 Å². The van der Waals surface area contributed by atoms with Crippen LogP contribution in [0, 0.1) is 29.9 Å². The molecule has 1 aromatic heterocycles. The fraction of sp³-hybridized carbons (Fsp3) is 0.0556. The zero-order valence-electron chi connectivity index (χ0n) is 13.4. The molecule has 0 bridgehead atoms. The minimum Gasteiger partial charge on any atom is -0.306 e. The van der Waals surface area contributed by atoms with Crippen LogP contribution in [0.1, 0.15) is 21.6 Å².